The molecule has 0 radical (unpaired) electrons. The highest BCUT2D eigenvalue weighted by Crippen LogP contribution is 1.90. The van der Waals surface area contributed by atoms with Gasteiger partial charge in [-0.15, -0.1) is 0 Å². The largest absolute Gasteiger partial charge is 0.266 e. The van der Waals surface area contributed by atoms with Crippen LogP contribution in [0, 0.1) is 0 Å². The van der Waals surface area contributed by atoms with Crippen LogP contribution >= 0.6 is 0 Å². The van der Waals surface area contributed by atoms with Crippen LogP contribution in [0.25, 0.3) is 0 Å². The number of hydrogen-bond donors (Lipinski definition) is 0. The quantitative estimate of drug-likeness (QED) is 0.485. The van der Waals surface area contributed by atoms with E-state index < -0.39 is 0 Å². The van der Waals surface area contributed by atoms with Gasteiger partial charge in [0.1, 0.15) is 0 Å². The van der Waals surface area contributed by atoms with Crippen LogP contribution in [0.3, 0.4) is 0 Å². The van der Waals surface area contributed by atoms with E-state index in [4.69, 9.17) is 0 Å². The number of nitrogens with zero attached hydrogens (tertiary/aromatic N) is 1. The molecular weight excluding hydrogens is 98.1 g/mol. The van der Waals surface area contributed by atoms with Crippen LogP contribution < -0.4 is 0 Å². The number of aliphatic imine (C=N–C) groups is 1. The van der Waals surface area contributed by atoms with Gasteiger partial charge < -0.3 is 0 Å². The second-order valence-corrected chi connectivity index (χ2v) is 1.65. The summed E-state index contributed by atoms with van der Waals surface area (Å²) in [5.41, 5.74) is 1.09. The molecule has 0 saturated carbocycles. The van der Waals surface area contributed by atoms with Crippen molar-refractivity contribution in [2.75, 3.05) is 0 Å². The van der Waals surface area contributed by atoms with Crippen LogP contribution in [0.1, 0.15) is 27.2 Å². The lowest BCUT2D eigenvalue weighted by molar-refractivity contribution is 1.24. The van der Waals surface area contributed by atoms with Crippen LogP contribution in [0.4, 0.5) is 0 Å². The second-order valence-electron chi connectivity index (χ2n) is 1.65. The summed E-state index contributed by atoms with van der Waals surface area (Å²) in [4.78, 5) is 4.10. The fraction of sp³-hybridized carbons (Fsp3) is 0.571. The molecule has 46 valence electrons. The number of rotatable bonds is 2. The summed E-state index contributed by atoms with van der Waals surface area (Å²) in [5, 5.41) is 0. The Morgan fingerprint density at radius 2 is 2.25 bits per heavy atom. The highest BCUT2D eigenvalue weighted by molar-refractivity contribution is 5.58. The fourth-order valence-corrected chi connectivity index (χ4v) is 0.310. The maximum absolute atomic E-state index is 4.10. The third-order valence-corrected chi connectivity index (χ3v) is 0.895. The SMILES string of the molecule is C/C=C(C)\N=C/CC. The van der Waals surface area contributed by atoms with Gasteiger partial charge in [0, 0.05) is 11.9 Å². The molecule has 0 aromatic heterocycles. The Hall–Kier alpha value is -0.590. The van der Waals surface area contributed by atoms with Crippen LogP contribution in [0.5, 0.6) is 0 Å². The zero-order valence-corrected chi connectivity index (χ0v) is 5.81. The van der Waals surface area contributed by atoms with Crippen molar-refractivity contribution in [2.24, 2.45) is 4.99 Å². The van der Waals surface area contributed by atoms with Gasteiger partial charge in [0.05, 0.1) is 0 Å². The number of hydrogen-bond acceptors (Lipinski definition) is 1. The van der Waals surface area contributed by atoms with Crippen LogP contribution in [-0.4, -0.2) is 6.21 Å². The normalized spacial score (nSPS) is 13.1. The summed E-state index contributed by atoms with van der Waals surface area (Å²) in [6, 6.07) is 0. The van der Waals surface area contributed by atoms with Crippen molar-refractivity contribution in [1.82, 2.24) is 0 Å². The Labute approximate surface area is 51.1 Å². The minimum absolute atomic E-state index is 1.02. The van der Waals surface area contributed by atoms with Gasteiger partial charge in [-0.05, 0) is 20.3 Å². The summed E-state index contributed by atoms with van der Waals surface area (Å²) in [6.45, 7) is 6.06. The molecule has 0 aliphatic carbocycles. The highest BCUT2D eigenvalue weighted by atomic mass is 14.7. The Morgan fingerprint density at radius 1 is 1.62 bits per heavy atom. The molecule has 0 saturated heterocycles. The van der Waals surface area contributed by atoms with E-state index in [9.17, 15) is 0 Å². The van der Waals surface area contributed by atoms with E-state index in [1.54, 1.807) is 0 Å². The molecule has 1 heteroatoms. The first kappa shape index (κ1) is 7.41. The first-order chi connectivity index (χ1) is 3.81. The van der Waals surface area contributed by atoms with Gasteiger partial charge in [-0.2, -0.15) is 0 Å². The predicted octanol–water partition coefficient (Wildman–Crippen LogP) is 2.39. The van der Waals surface area contributed by atoms with Gasteiger partial charge in [0.15, 0.2) is 0 Å². The summed E-state index contributed by atoms with van der Waals surface area (Å²) >= 11 is 0. The average Bonchev–Trinajstić information content (AvgIpc) is 1.83. The van der Waals surface area contributed by atoms with E-state index in [0.29, 0.717) is 0 Å². The zero-order valence-electron chi connectivity index (χ0n) is 5.81. The van der Waals surface area contributed by atoms with Crippen LogP contribution in [0.2, 0.25) is 0 Å². The lowest BCUT2D eigenvalue weighted by Gasteiger charge is -1.84. The molecule has 0 atom stereocenters. The molecule has 0 rings (SSSR count). The molecule has 0 spiro atoms. The van der Waals surface area contributed by atoms with Crippen molar-refractivity contribution in [3.05, 3.63) is 11.8 Å². The van der Waals surface area contributed by atoms with E-state index in [1.165, 1.54) is 0 Å². The molecule has 8 heavy (non-hydrogen) atoms. The second kappa shape index (κ2) is 4.57. The monoisotopic (exact) mass is 111 g/mol. The summed E-state index contributed by atoms with van der Waals surface area (Å²) in [7, 11) is 0. The van der Waals surface area contributed by atoms with Gasteiger partial charge in [0.2, 0.25) is 0 Å². The Morgan fingerprint density at radius 3 is 2.62 bits per heavy atom. The molecule has 0 heterocycles. The van der Waals surface area contributed by atoms with Gasteiger partial charge in [-0.3, -0.25) is 4.99 Å². The minimum atomic E-state index is 1.02. The van der Waals surface area contributed by atoms with Gasteiger partial charge in [-0.25, -0.2) is 0 Å². The molecule has 0 N–H and O–H groups in total. The molecule has 0 bridgehead atoms. The lowest BCUT2D eigenvalue weighted by atomic mass is 10.4. The Kier molecular flexibility index (Phi) is 4.23. The summed E-state index contributed by atoms with van der Waals surface area (Å²) in [6.07, 6.45) is 4.92. The van der Waals surface area contributed by atoms with E-state index in [2.05, 4.69) is 11.9 Å². The van der Waals surface area contributed by atoms with Gasteiger partial charge in [0.25, 0.3) is 0 Å². The summed E-state index contributed by atoms with van der Waals surface area (Å²) < 4.78 is 0. The van der Waals surface area contributed by atoms with E-state index in [-0.39, 0.29) is 0 Å². The maximum atomic E-state index is 4.10. The fourth-order valence-electron chi connectivity index (χ4n) is 0.310. The van der Waals surface area contributed by atoms with Crippen molar-refractivity contribution in [2.45, 2.75) is 27.2 Å². The Balaban J connectivity index is 3.53. The van der Waals surface area contributed by atoms with E-state index >= 15 is 0 Å². The first-order valence-corrected chi connectivity index (χ1v) is 2.96. The molecule has 1 nitrogen and oxygen atoms in total. The summed E-state index contributed by atoms with van der Waals surface area (Å²) in [5.74, 6) is 0. The van der Waals surface area contributed by atoms with Crippen molar-refractivity contribution in [1.29, 1.82) is 0 Å². The molecule has 0 aliphatic heterocycles. The van der Waals surface area contributed by atoms with Crippen molar-refractivity contribution >= 4 is 6.21 Å². The van der Waals surface area contributed by atoms with Crippen LogP contribution in [-0.2, 0) is 0 Å². The predicted molar refractivity (Wildman–Crippen MR) is 38.2 cm³/mol. The standard InChI is InChI=1S/C7H13N/c1-4-6-8-7(3)5-2/h5-6H,4H2,1-3H3/b7-5-,8-6-. The first-order valence-electron chi connectivity index (χ1n) is 2.96. The third kappa shape index (κ3) is 3.59. The molecule has 0 fully saturated rings. The highest BCUT2D eigenvalue weighted by Gasteiger charge is 1.73. The van der Waals surface area contributed by atoms with Crippen molar-refractivity contribution in [3.63, 3.8) is 0 Å². The van der Waals surface area contributed by atoms with Gasteiger partial charge >= 0.3 is 0 Å². The zero-order chi connectivity index (χ0) is 6.41. The lowest BCUT2D eigenvalue weighted by Crippen LogP contribution is -1.69. The number of allylic oxidation sites excluding steroid dienone is 2. The third-order valence-electron chi connectivity index (χ3n) is 0.895. The van der Waals surface area contributed by atoms with E-state index in [0.717, 1.165) is 12.1 Å². The average molecular weight is 111 g/mol. The topological polar surface area (TPSA) is 12.4 Å². The van der Waals surface area contributed by atoms with Crippen molar-refractivity contribution in [3.8, 4) is 0 Å². The Bertz CT molecular complexity index is 101. The van der Waals surface area contributed by atoms with Crippen LogP contribution in [0.15, 0.2) is 16.8 Å². The molecule has 0 amide bonds. The molecule has 0 aromatic rings. The maximum Gasteiger partial charge on any atom is 0.0326 e. The molecular formula is C7H13N. The molecule has 0 aromatic carbocycles. The van der Waals surface area contributed by atoms with Crippen molar-refractivity contribution < 1.29 is 0 Å². The smallest absolute Gasteiger partial charge is 0.0326 e. The minimum Gasteiger partial charge on any atom is -0.266 e. The molecule has 0 unspecified atom stereocenters. The molecule has 0 aliphatic rings. The van der Waals surface area contributed by atoms with E-state index in [1.807, 2.05) is 26.1 Å². The van der Waals surface area contributed by atoms with Gasteiger partial charge in [-0.1, -0.05) is 13.0 Å².